The van der Waals surface area contributed by atoms with Crippen molar-refractivity contribution in [1.29, 1.82) is 0 Å². The number of amides is 2. The lowest BCUT2D eigenvalue weighted by Gasteiger charge is -2.06. The molecule has 0 aliphatic heterocycles. The fourth-order valence-corrected chi connectivity index (χ4v) is 0.887. The molecule has 0 aromatic carbocycles. The number of halogens is 1. The molecule has 2 N–H and O–H groups in total. The number of carbonyl (C=O) groups excluding carboxylic acids is 2. The minimum absolute atomic E-state index is 0.0370. The van der Waals surface area contributed by atoms with E-state index >= 15 is 0 Å². The van der Waals surface area contributed by atoms with Crippen LogP contribution in [0.4, 0.5) is 0 Å². The van der Waals surface area contributed by atoms with Crippen molar-refractivity contribution in [2.24, 2.45) is 0 Å². The van der Waals surface area contributed by atoms with Crippen LogP contribution < -0.4 is 10.6 Å². The summed E-state index contributed by atoms with van der Waals surface area (Å²) in [6.07, 6.45) is 0.333. The first kappa shape index (κ1) is 12.4. The van der Waals surface area contributed by atoms with Gasteiger partial charge in [-0.3, -0.25) is 9.59 Å². The van der Waals surface area contributed by atoms with Gasteiger partial charge in [0, 0.05) is 19.5 Å². The molecular weight excluding hydrogens is 236 g/mol. The summed E-state index contributed by atoms with van der Waals surface area (Å²) in [5.41, 5.74) is 0. The summed E-state index contributed by atoms with van der Waals surface area (Å²) in [7, 11) is 0. The van der Waals surface area contributed by atoms with E-state index in [0.29, 0.717) is 19.5 Å². The summed E-state index contributed by atoms with van der Waals surface area (Å²) in [6, 6.07) is 0. The van der Waals surface area contributed by atoms with Crippen LogP contribution in [0.1, 0.15) is 20.3 Å². The van der Waals surface area contributed by atoms with E-state index in [4.69, 9.17) is 0 Å². The lowest BCUT2D eigenvalue weighted by molar-refractivity contribution is -0.121. The van der Waals surface area contributed by atoms with E-state index in [9.17, 15) is 9.59 Å². The topological polar surface area (TPSA) is 58.2 Å². The van der Waals surface area contributed by atoms with Gasteiger partial charge in [0.15, 0.2) is 0 Å². The molecular formula is C8H15BrN2O2. The van der Waals surface area contributed by atoms with E-state index in [0.717, 1.165) is 0 Å². The van der Waals surface area contributed by atoms with Gasteiger partial charge in [-0.1, -0.05) is 15.9 Å². The van der Waals surface area contributed by atoms with Gasteiger partial charge in [-0.25, -0.2) is 0 Å². The molecule has 0 aromatic heterocycles. The molecule has 0 rings (SSSR count). The van der Waals surface area contributed by atoms with Crippen molar-refractivity contribution in [3.8, 4) is 0 Å². The molecule has 0 fully saturated rings. The Kier molecular flexibility index (Phi) is 6.58. The zero-order valence-electron chi connectivity index (χ0n) is 7.89. The summed E-state index contributed by atoms with van der Waals surface area (Å²) < 4.78 is 0. The van der Waals surface area contributed by atoms with Crippen LogP contribution in [0.15, 0.2) is 0 Å². The highest BCUT2D eigenvalue weighted by molar-refractivity contribution is 9.10. The molecule has 0 bridgehead atoms. The van der Waals surface area contributed by atoms with Crippen LogP contribution in [0.5, 0.6) is 0 Å². The molecule has 0 saturated heterocycles. The van der Waals surface area contributed by atoms with Crippen molar-refractivity contribution in [3.05, 3.63) is 0 Å². The van der Waals surface area contributed by atoms with E-state index in [1.165, 1.54) is 0 Å². The van der Waals surface area contributed by atoms with Gasteiger partial charge in [-0.15, -0.1) is 0 Å². The maximum absolute atomic E-state index is 11.0. The number of hydrogen-bond acceptors (Lipinski definition) is 2. The van der Waals surface area contributed by atoms with Crippen LogP contribution >= 0.6 is 15.9 Å². The minimum Gasteiger partial charge on any atom is -0.356 e. The molecule has 1 unspecified atom stereocenters. The normalized spacial score (nSPS) is 11.9. The van der Waals surface area contributed by atoms with Gasteiger partial charge >= 0.3 is 0 Å². The third-order valence-corrected chi connectivity index (χ3v) is 1.80. The highest BCUT2D eigenvalue weighted by atomic mass is 79.9. The number of alkyl halides is 1. The lowest BCUT2D eigenvalue weighted by Crippen LogP contribution is -2.33. The van der Waals surface area contributed by atoms with Crippen LogP contribution in [0.2, 0.25) is 0 Å². The van der Waals surface area contributed by atoms with Crippen LogP contribution in [-0.4, -0.2) is 29.7 Å². The van der Waals surface area contributed by atoms with E-state index in [1.807, 2.05) is 6.92 Å². The second-order valence-electron chi connectivity index (χ2n) is 2.61. The van der Waals surface area contributed by atoms with Crippen molar-refractivity contribution in [2.75, 3.05) is 13.1 Å². The third kappa shape index (κ3) is 6.57. The smallest absolute Gasteiger partial charge is 0.233 e. The molecule has 4 nitrogen and oxygen atoms in total. The molecule has 0 heterocycles. The maximum atomic E-state index is 11.0. The van der Waals surface area contributed by atoms with Gasteiger partial charge in [0.2, 0.25) is 11.8 Å². The standard InChI is InChI=1S/C8H15BrN2O2/c1-3-10-7(12)4-5-11-8(13)6(2)9/h6H,3-5H2,1-2H3,(H,10,12)(H,11,13). The van der Waals surface area contributed by atoms with E-state index in [2.05, 4.69) is 26.6 Å². The van der Waals surface area contributed by atoms with E-state index in [-0.39, 0.29) is 16.6 Å². The average molecular weight is 251 g/mol. The molecule has 1 atom stereocenters. The highest BCUT2D eigenvalue weighted by Crippen LogP contribution is 1.95. The van der Waals surface area contributed by atoms with Crippen molar-refractivity contribution < 1.29 is 9.59 Å². The molecule has 0 aromatic rings. The average Bonchev–Trinajstić information content (AvgIpc) is 2.04. The van der Waals surface area contributed by atoms with Crippen LogP contribution in [0.25, 0.3) is 0 Å². The molecule has 0 aliphatic carbocycles. The van der Waals surface area contributed by atoms with Gasteiger partial charge in [-0.05, 0) is 13.8 Å². The number of rotatable bonds is 5. The van der Waals surface area contributed by atoms with Gasteiger partial charge in [0.25, 0.3) is 0 Å². The Balaban J connectivity index is 3.45. The fraction of sp³-hybridized carbons (Fsp3) is 0.750. The Morgan fingerprint density at radius 3 is 2.46 bits per heavy atom. The number of nitrogens with one attached hydrogen (secondary N) is 2. The number of carbonyl (C=O) groups is 2. The van der Waals surface area contributed by atoms with Crippen molar-refractivity contribution >= 4 is 27.7 Å². The molecule has 5 heteroatoms. The second-order valence-corrected chi connectivity index (χ2v) is 3.98. The van der Waals surface area contributed by atoms with E-state index in [1.54, 1.807) is 6.92 Å². The molecule has 0 spiro atoms. The molecule has 76 valence electrons. The SMILES string of the molecule is CCNC(=O)CCNC(=O)C(C)Br. The maximum Gasteiger partial charge on any atom is 0.233 e. The molecule has 0 saturated carbocycles. The Morgan fingerprint density at radius 2 is 2.00 bits per heavy atom. The highest BCUT2D eigenvalue weighted by Gasteiger charge is 2.07. The Morgan fingerprint density at radius 1 is 1.38 bits per heavy atom. The molecule has 2 amide bonds. The summed E-state index contributed by atoms with van der Waals surface area (Å²) in [5.74, 6) is -0.130. The number of hydrogen-bond donors (Lipinski definition) is 2. The zero-order chi connectivity index (χ0) is 10.3. The predicted molar refractivity (Wildman–Crippen MR) is 54.7 cm³/mol. The van der Waals surface area contributed by atoms with Crippen LogP contribution in [0.3, 0.4) is 0 Å². The Labute approximate surface area is 86.6 Å². The summed E-state index contributed by atoms with van der Waals surface area (Å²) in [4.78, 5) is 21.7. The van der Waals surface area contributed by atoms with Crippen LogP contribution in [0, 0.1) is 0 Å². The van der Waals surface area contributed by atoms with Gasteiger partial charge in [-0.2, -0.15) is 0 Å². The van der Waals surface area contributed by atoms with Crippen molar-refractivity contribution in [3.63, 3.8) is 0 Å². The monoisotopic (exact) mass is 250 g/mol. The fourth-order valence-electron chi connectivity index (χ4n) is 0.725. The first-order valence-corrected chi connectivity index (χ1v) is 5.18. The first-order chi connectivity index (χ1) is 6.07. The molecule has 0 radical (unpaired) electrons. The van der Waals surface area contributed by atoms with Gasteiger partial charge in [0.05, 0.1) is 4.83 Å². The Bertz CT molecular complexity index is 183. The summed E-state index contributed by atoms with van der Waals surface area (Å²) in [5, 5.41) is 5.27. The van der Waals surface area contributed by atoms with Gasteiger partial charge < -0.3 is 10.6 Å². The van der Waals surface area contributed by atoms with Crippen molar-refractivity contribution in [1.82, 2.24) is 10.6 Å². The Hall–Kier alpha value is -0.580. The quantitative estimate of drug-likeness (QED) is 0.695. The third-order valence-electron chi connectivity index (χ3n) is 1.39. The largest absolute Gasteiger partial charge is 0.356 e. The molecule has 13 heavy (non-hydrogen) atoms. The zero-order valence-corrected chi connectivity index (χ0v) is 9.48. The predicted octanol–water partition coefficient (Wildman–Crippen LogP) is 0.412. The van der Waals surface area contributed by atoms with E-state index < -0.39 is 0 Å². The van der Waals surface area contributed by atoms with Crippen LogP contribution in [-0.2, 0) is 9.59 Å². The van der Waals surface area contributed by atoms with Gasteiger partial charge in [0.1, 0.15) is 0 Å². The minimum atomic E-state index is -0.207. The summed E-state index contributed by atoms with van der Waals surface area (Å²) >= 11 is 3.13. The summed E-state index contributed by atoms with van der Waals surface area (Å²) in [6.45, 7) is 4.61. The van der Waals surface area contributed by atoms with Crippen molar-refractivity contribution in [2.45, 2.75) is 25.1 Å². The molecule has 0 aliphatic rings. The lowest BCUT2D eigenvalue weighted by atomic mass is 10.3. The second kappa shape index (κ2) is 6.88. The first-order valence-electron chi connectivity index (χ1n) is 4.26.